The minimum Gasteiger partial charge on any atom is -0.508 e. The van der Waals surface area contributed by atoms with E-state index in [0.29, 0.717) is 12.0 Å². The Morgan fingerprint density at radius 1 is 1.27 bits per heavy atom. The summed E-state index contributed by atoms with van der Waals surface area (Å²) in [5.74, 6) is 1.72. The average molecular weight is 364 g/mol. The van der Waals surface area contributed by atoms with Crippen LogP contribution in [0.3, 0.4) is 0 Å². The second kappa shape index (κ2) is 10.3. The number of aliphatic imine (C=N–C) groups is 1. The van der Waals surface area contributed by atoms with Crippen molar-refractivity contribution in [3.05, 3.63) is 23.8 Å². The summed E-state index contributed by atoms with van der Waals surface area (Å²) in [6.07, 6.45) is 6.14. The highest BCUT2D eigenvalue weighted by atomic mass is 16.5. The first-order valence-electron chi connectivity index (χ1n) is 9.50. The first-order chi connectivity index (χ1) is 12.6. The van der Waals surface area contributed by atoms with Gasteiger partial charge in [0.1, 0.15) is 11.5 Å². The van der Waals surface area contributed by atoms with Crippen molar-refractivity contribution in [2.45, 2.75) is 45.6 Å². The number of benzene rings is 1. The fourth-order valence-corrected chi connectivity index (χ4v) is 3.57. The highest BCUT2D eigenvalue weighted by Gasteiger charge is 2.33. The van der Waals surface area contributed by atoms with Crippen LogP contribution in [0.5, 0.6) is 11.5 Å². The quantitative estimate of drug-likeness (QED) is 0.357. The van der Waals surface area contributed by atoms with Gasteiger partial charge in [-0.2, -0.15) is 0 Å². The Balaban J connectivity index is 1.88. The van der Waals surface area contributed by atoms with Crippen LogP contribution in [0.2, 0.25) is 0 Å². The van der Waals surface area contributed by atoms with Crippen LogP contribution in [-0.2, 0) is 11.3 Å². The van der Waals surface area contributed by atoms with Crippen molar-refractivity contribution in [3.8, 4) is 11.5 Å². The molecule has 0 saturated heterocycles. The van der Waals surface area contributed by atoms with Gasteiger partial charge < -0.3 is 25.2 Å². The van der Waals surface area contributed by atoms with E-state index in [-0.39, 0.29) is 5.75 Å². The average Bonchev–Trinajstić information content (AvgIpc) is 3.12. The number of methoxy groups -OCH3 is 1. The fourth-order valence-electron chi connectivity index (χ4n) is 3.57. The van der Waals surface area contributed by atoms with Crippen molar-refractivity contribution in [2.24, 2.45) is 10.4 Å². The summed E-state index contributed by atoms with van der Waals surface area (Å²) < 4.78 is 10.8. The Bertz CT molecular complexity index is 584. The number of hydrogen-bond acceptors (Lipinski definition) is 4. The molecule has 0 aromatic heterocycles. The molecule has 1 saturated carbocycles. The lowest BCUT2D eigenvalue weighted by atomic mass is 9.83. The van der Waals surface area contributed by atoms with E-state index in [2.05, 4.69) is 15.6 Å². The lowest BCUT2D eigenvalue weighted by Gasteiger charge is -2.30. The van der Waals surface area contributed by atoms with Crippen LogP contribution < -0.4 is 15.4 Å². The third-order valence-corrected chi connectivity index (χ3v) is 5.23. The molecule has 6 heteroatoms. The number of ether oxygens (including phenoxy) is 2. The number of guanidine groups is 1. The van der Waals surface area contributed by atoms with Gasteiger partial charge in [0.2, 0.25) is 0 Å². The van der Waals surface area contributed by atoms with Crippen LogP contribution >= 0.6 is 0 Å². The molecule has 0 heterocycles. The predicted octanol–water partition coefficient (Wildman–Crippen LogP) is 3.05. The second-order valence-corrected chi connectivity index (χ2v) is 6.93. The molecular formula is C20H33N3O3. The molecule has 1 aliphatic rings. The summed E-state index contributed by atoms with van der Waals surface area (Å²) in [6.45, 7) is 5.01. The maximum Gasteiger partial charge on any atom is 0.191 e. The van der Waals surface area contributed by atoms with E-state index in [4.69, 9.17) is 9.47 Å². The first kappa shape index (κ1) is 20.4. The minimum atomic E-state index is 0.248. The summed E-state index contributed by atoms with van der Waals surface area (Å²) in [4.78, 5) is 4.31. The van der Waals surface area contributed by atoms with Crippen molar-refractivity contribution in [3.63, 3.8) is 0 Å². The van der Waals surface area contributed by atoms with Crippen LogP contribution in [-0.4, -0.2) is 45.0 Å². The number of nitrogens with zero attached hydrogens (tertiary/aromatic N) is 1. The van der Waals surface area contributed by atoms with Gasteiger partial charge in [0.25, 0.3) is 0 Å². The number of aromatic hydroxyl groups is 1. The molecular weight excluding hydrogens is 330 g/mol. The molecule has 0 aliphatic heterocycles. The molecule has 1 aromatic carbocycles. The van der Waals surface area contributed by atoms with Gasteiger partial charge in [0, 0.05) is 38.9 Å². The SMILES string of the molecule is CCOCCC1(CNC(=NC)NCc2cc(OC)ccc2O)CCCC1. The lowest BCUT2D eigenvalue weighted by Crippen LogP contribution is -2.43. The molecule has 1 fully saturated rings. The van der Waals surface area contributed by atoms with Gasteiger partial charge in [-0.25, -0.2) is 0 Å². The van der Waals surface area contributed by atoms with Gasteiger partial charge in [-0.05, 0) is 49.8 Å². The Morgan fingerprint density at radius 2 is 2.04 bits per heavy atom. The van der Waals surface area contributed by atoms with E-state index >= 15 is 0 Å². The smallest absolute Gasteiger partial charge is 0.191 e. The summed E-state index contributed by atoms with van der Waals surface area (Å²) in [5.41, 5.74) is 1.07. The van der Waals surface area contributed by atoms with Crippen molar-refractivity contribution in [2.75, 3.05) is 33.9 Å². The third kappa shape index (κ3) is 5.80. The molecule has 2 rings (SSSR count). The third-order valence-electron chi connectivity index (χ3n) is 5.23. The number of phenols is 1. The van der Waals surface area contributed by atoms with Gasteiger partial charge in [0.05, 0.1) is 7.11 Å². The Labute approximate surface area is 157 Å². The molecule has 146 valence electrons. The van der Waals surface area contributed by atoms with Crippen molar-refractivity contribution in [1.29, 1.82) is 0 Å². The predicted molar refractivity (Wildman–Crippen MR) is 105 cm³/mol. The first-order valence-corrected chi connectivity index (χ1v) is 9.50. The van der Waals surface area contributed by atoms with Gasteiger partial charge in [0.15, 0.2) is 5.96 Å². The second-order valence-electron chi connectivity index (χ2n) is 6.93. The molecule has 0 unspecified atom stereocenters. The van der Waals surface area contributed by atoms with Crippen LogP contribution in [0.25, 0.3) is 0 Å². The molecule has 0 radical (unpaired) electrons. The summed E-state index contributed by atoms with van der Waals surface area (Å²) in [5, 5.41) is 16.8. The highest BCUT2D eigenvalue weighted by molar-refractivity contribution is 5.79. The van der Waals surface area contributed by atoms with Crippen LogP contribution in [0.4, 0.5) is 0 Å². The Morgan fingerprint density at radius 3 is 2.69 bits per heavy atom. The maximum absolute atomic E-state index is 10.0. The van der Waals surface area contributed by atoms with Gasteiger partial charge >= 0.3 is 0 Å². The maximum atomic E-state index is 10.0. The highest BCUT2D eigenvalue weighted by Crippen LogP contribution is 2.40. The Kier molecular flexibility index (Phi) is 8.04. The van der Waals surface area contributed by atoms with Crippen molar-refractivity contribution >= 4 is 5.96 Å². The molecule has 0 amide bonds. The topological polar surface area (TPSA) is 75.1 Å². The summed E-state index contributed by atoms with van der Waals surface area (Å²) >= 11 is 0. The monoisotopic (exact) mass is 363 g/mol. The largest absolute Gasteiger partial charge is 0.508 e. The van der Waals surface area contributed by atoms with E-state index in [0.717, 1.165) is 43.5 Å². The van der Waals surface area contributed by atoms with E-state index in [1.807, 2.05) is 13.0 Å². The number of hydrogen-bond donors (Lipinski definition) is 3. The Hall–Kier alpha value is -1.95. The molecule has 1 aromatic rings. The minimum absolute atomic E-state index is 0.248. The van der Waals surface area contributed by atoms with Crippen LogP contribution in [0, 0.1) is 5.41 Å². The van der Waals surface area contributed by atoms with Gasteiger partial charge in [-0.1, -0.05) is 12.8 Å². The van der Waals surface area contributed by atoms with Crippen LogP contribution in [0.1, 0.15) is 44.6 Å². The number of phenolic OH excluding ortho intramolecular Hbond substituents is 1. The van der Waals surface area contributed by atoms with Crippen LogP contribution in [0.15, 0.2) is 23.2 Å². The number of rotatable bonds is 9. The normalized spacial score (nSPS) is 16.5. The molecule has 0 bridgehead atoms. The molecule has 6 nitrogen and oxygen atoms in total. The van der Waals surface area contributed by atoms with Crippen molar-refractivity contribution in [1.82, 2.24) is 10.6 Å². The van der Waals surface area contributed by atoms with Gasteiger partial charge in [-0.3, -0.25) is 4.99 Å². The van der Waals surface area contributed by atoms with E-state index in [1.54, 1.807) is 26.3 Å². The molecule has 0 atom stereocenters. The van der Waals surface area contributed by atoms with Crippen molar-refractivity contribution < 1.29 is 14.6 Å². The zero-order chi connectivity index (χ0) is 18.8. The lowest BCUT2D eigenvalue weighted by molar-refractivity contribution is 0.105. The van der Waals surface area contributed by atoms with E-state index in [1.165, 1.54) is 25.7 Å². The van der Waals surface area contributed by atoms with Gasteiger partial charge in [-0.15, -0.1) is 0 Å². The summed E-state index contributed by atoms with van der Waals surface area (Å²) in [7, 11) is 3.38. The van der Waals surface area contributed by atoms with E-state index in [9.17, 15) is 5.11 Å². The molecule has 1 aliphatic carbocycles. The standard InChI is InChI=1S/C20H33N3O3/c1-4-26-12-11-20(9-5-6-10-20)15-23-19(21-2)22-14-16-13-17(25-3)7-8-18(16)24/h7-8,13,24H,4-6,9-12,14-15H2,1-3H3,(H2,21,22,23). The summed E-state index contributed by atoms with van der Waals surface area (Å²) in [6, 6.07) is 5.22. The zero-order valence-corrected chi connectivity index (χ0v) is 16.3. The molecule has 26 heavy (non-hydrogen) atoms. The number of nitrogens with one attached hydrogen (secondary N) is 2. The molecule has 3 N–H and O–H groups in total. The fraction of sp³-hybridized carbons (Fsp3) is 0.650. The zero-order valence-electron chi connectivity index (χ0n) is 16.3. The molecule has 0 spiro atoms. The van der Waals surface area contributed by atoms with E-state index < -0.39 is 0 Å².